The quantitative estimate of drug-likeness (QED) is 0.679. The SMILES string of the molecule is Br.Oc1cccc(C2CCCN(Cc3coc4ccccc34)C2)c1. The normalized spacial score (nSPS) is 18.4. The zero-order chi connectivity index (χ0) is 15.6. The van der Waals surface area contributed by atoms with E-state index in [9.17, 15) is 5.11 Å². The van der Waals surface area contributed by atoms with Crippen molar-refractivity contribution in [1.29, 1.82) is 0 Å². The van der Waals surface area contributed by atoms with Gasteiger partial charge in [-0.2, -0.15) is 0 Å². The van der Waals surface area contributed by atoms with Crippen LogP contribution in [0.5, 0.6) is 5.75 Å². The minimum absolute atomic E-state index is 0. The molecule has 1 aliphatic rings. The fraction of sp³-hybridized carbons (Fsp3) is 0.300. The molecule has 1 fully saturated rings. The Labute approximate surface area is 152 Å². The van der Waals surface area contributed by atoms with Gasteiger partial charge in [0.2, 0.25) is 0 Å². The van der Waals surface area contributed by atoms with Crippen molar-refractivity contribution >= 4 is 28.0 Å². The Morgan fingerprint density at radius 1 is 1.12 bits per heavy atom. The molecular weight excluding hydrogens is 366 g/mol. The smallest absolute Gasteiger partial charge is 0.134 e. The van der Waals surface area contributed by atoms with Gasteiger partial charge in [-0.15, -0.1) is 17.0 Å². The highest BCUT2D eigenvalue weighted by Gasteiger charge is 2.22. The number of hydrogen-bond donors (Lipinski definition) is 1. The predicted octanol–water partition coefficient (Wildman–Crippen LogP) is 5.10. The second-order valence-corrected chi connectivity index (χ2v) is 6.43. The van der Waals surface area contributed by atoms with E-state index in [0.717, 1.165) is 25.2 Å². The average Bonchev–Trinajstić information content (AvgIpc) is 2.98. The van der Waals surface area contributed by atoms with Crippen LogP contribution < -0.4 is 0 Å². The van der Waals surface area contributed by atoms with Crippen molar-refractivity contribution < 1.29 is 9.52 Å². The topological polar surface area (TPSA) is 36.6 Å². The van der Waals surface area contributed by atoms with Crippen LogP contribution in [0.15, 0.2) is 59.2 Å². The van der Waals surface area contributed by atoms with E-state index < -0.39 is 0 Å². The molecule has 2 aromatic carbocycles. The van der Waals surface area contributed by atoms with Gasteiger partial charge in [0.05, 0.1) is 6.26 Å². The number of piperidine rings is 1. The molecule has 1 saturated heterocycles. The molecular formula is C20H22BrNO2. The molecule has 0 spiro atoms. The van der Waals surface area contributed by atoms with Crippen molar-refractivity contribution in [1.82, 2.24) is 4.90 Å². The monoisotopic (exact) mass is 387 g/mol. The number of fused-ring (bicyclic) bond motifs is 1. The third-order valence-corrected chi connectivity index (χ3v) is 4.80. The maximum Gasteiger partial charge on any atom is 0.134 e. The van der Waals surface area contributed by atoms with Gasteiger partial charge in [0.15, 0.2) is 0 Å². The summed E-state index contributed by atoms with van der Waals surface area (Å²) in [5.41, 5.74) is 3.47. The van der Waals surface area contributed by atoms with Gasteiger partial charge in [-0.3, -0.25) is 4.90 Å². The number of phenols is 1. The van der Waals surface area contributed by atoms with Gasteiger partial charge in [-0.25, -0.2) is 0 Å². The zero-order valence-corrected chi connectivity index (χ0v) is 15.2. The Kier molecular flexibility index (Phi) is 5.27. The van der Waals surface area contributed by atoms with Crippen LogP contribution in [0.1, 0.15) is 29.9 Å². The zero-order valence-electron chi connectivity index (χ0n) is 13.5. The van der Waals surface area contributed by atoms with Gasteiger partial charge >= 0.3 is 0 Å². The highest BCUT2D eigenvalue weighted by molar-refractivity contribution is 8.93. The van der Waals surface area contributed by atoms with E-state index in [-0.39, 0.29) is 17.0 Å². The number of halogens is 1. The van der Waals surface area contributed by atoms with Crippen LogP contribution in [0.4, 0.5) is 0 Å². The Morgan fingerprint density at radius 3 is 2.88 bits per heavy atom. The van der Waals surface area contributed by atoms with Crippen LogP contribution in [0.25, 0.3) is 11.0 Å². The van der Waals surface area contributed by atoms with E-state index in [4.69, 9.17) is 4.42 Å². The van der Waals surface area contributed by atoms with Crippen LogP contribution in [0, 0.1) is 0 Å². The second kappa shape index (κ2) is 7.41. The van der Waals surface area contributed by atoms with Gasteiger partial charge in [0, 0.05) is 24.0 Å². The number of phenolic OH excluding ortho intramolecular Hbond substituents is 1. The molecule has 1 unspecified atom stereocenters. The third-order valence-electron chi connectivity index (χ3n) is 4.80. The van der Waals surface area contributed by atoms with E-state index in [2.05, 4.69) is 23.1 Å². The summed E-state index contributed by atoms with van der Waals surface area (Å²) < 4.78 is 5.66. The van der Waals surface area contributed by atoms with Gasteiger partial charge in [0.1, 0.15) is 11.3 Å². The van der Waals surface area contributed by atoms with Crippen LogP contribution in [0.3, 0.4) is 0 Å². The molecule has 0 bridgehead atoms. The van der Waals surface area contributed by atoms with Crippen LogP contribution in [-0.4, -0.2) is 23.1 Å². The first-order chi connectivity index (χ1) is 11.3. The van der Waals surface area contributed by atoms with Gasteiger partial charge in [-0.05, 0) is 49.1 Å². The molecule has 126 valence electrons. The molecule has 3 aromatic rings. The van der Waals surface area contributed by atoms with Crippen molar-refractivity contribution in [2.75, 3.05) is 13.1 Å². The molecule has 2 heterocycles. The van der Waals surface area contributed by atoms with Crippen molar-refractivity contribution in [2.24, 2.45) is 0 Å². The maximum absolute atomic E-state index is 9.71. The standard InChI is InChI=1S/C20H21NO2.BrH/c22-18-7-3-5-15(11-18)16-6-4-10-21(12-16)13-17-14-23-20-9-2-1-8-19(17)20;/h1-3,5,7-9,11,14,16,22H,4,6,10,12-13H2;1H. The lowest BCUT2D eigenvalue weighted by molar-refractivity contribution is 0.200. The highest BCUT2D eigenvalue weighted by atomic mass is 79.9. The number of benzene rings is 2. The Morgan fingerprint density at radius 2 is 2.00 bits per heavy atom. The fourth-order valence-corrected chi connectivity index (χ4v) is 3.65. The van der Waals surface area contributed by atoms with Crippen LogP contribution in [-0.2, 0) is 6.54 Å². The minimum Gasteiger partial charge on any atom is -0.508 e. The van der Waals surface area contributed by atoms with Gasteiger partial charge in [0.25, 0.3) is 0 Å². The lowest BCUT2D eigenvalue weighted by atomic mass is 9.90. The van der Waals surface area contributed by atoms with Gasteiger partial charge < -0.3 is 9.52 Å². The molecule has 1 N–H and O–H groups in total. The van der Waals surface area contributed by atoms with E-state index >= 15 is 0 Å². The molecule has 0 radical (unpaired) electrons. The molecule has 1 aliphatic heterocycles. The molecule has 0 saturated carbocycles. The fourth-order valence-electron chi connectivity index (χ4n) is 3.65. The van der Waals surface area contributed by atoms with Crippen molar-refractivity contribution in [3.05, 3.63) is 65.9 Å². The Hall–Kier alpha value is -1.78. The second-order valence-electron chi connectivity index (χ2n) is 6.43. The number of likely N-dealkylation sites (tertiary alicyclic amines) is 1. The van der Waals surface area contributed by atoms with Crippen molar-refractivity contribution in [3.63, 3.8) is 0 Å². The van der Waals surface area contributed by atoms with Crippen LogP contribution in [0.2, 0.25) is 0 Å². The summed E-state index contributed by atoms with van der Waals surface area (Å²) in [6, 6.07) is 15.9. The number of hydrogen-bond acceptors (Lipinski definition) is 3. The number of rotatable bonds is 3. The first-order valence-corrected chi connectivity index (χ1v) is 8.26. The largest absolute Gasteiger partial charge is 0.508 e. The summed E-state index contributed by atoms with van der Waals surface area (Å²) in [5.74, 6) is 0.856. The lowest BCUT2D eigenvalue weighted by Crippen LogP contribution is -2.33. The number of furan rings is 1. The molecule has 1 aromatic heterocycles. The lowest BCUT2D eigenvalue weighted by Gasteiger charge is -2.32. The van der Waals surface area contributed by atoms with Crippen molar-refractivity contribution in [2.45, 2.75) is 25.3 Å². The molecule has 24 heavy (non-hydrogen) atoms. The summed E-state index contributed by atoms with van der Waals surface area (Å²) in [5, 5.41) is 10.9. The van der Waals surface area contributed by atoms with E-state index in [0.29, 0.717) is 11.7 Å². The molecule has 4 rings (SSSR count). The molecule has 4 heteroatoms. The first-order valence-electron chi connectivity index (χ1n) is 8.26. The summed E-state index contributed by atoms with van der Waals surface area (Å²) in [6.45, 7) is 3.07. The molecule has 3 nitrogen and oxygen atoms in total. The Balaban J connectivity index is 0.00000169. The highest BCUT2D eigenvalue weighted by Crippen LogP contribution is 2.30. The van der Waals surface area contributed by atoms with Crippen LogP contribution >= 0.6 is 17.0 Å². The predicted molar refractivity (Wildman–Crippen MR) is 102 cm³/mol. The minimum atomic E-state index is 0. The van der Waals surface area contributed by atoms with E-state index in [1.165, 1.54) is 29.4 Å². The molecule has 1 atom stereocenters. The van der Waals surface area contributed by atoms with E-state index in [1.807, 2.05) is 30.5 Å². The molecule has 0 aliphatic carbocycles. The maximum atomic E-state index is 9.71. The Bertz CT molecular complexity index is 814. The first kappa shape index (κ1) is 17.1. The summed E-state index contributed by atoms with van der Waals surface area (Å²) in [7, 11) is 0. The average molecular weight is 388 g/mol. The number of aromatic hydroxyl groups is 1. The van der Waals surface area contributed by atoms with E-state index in [1.54, 1.807) is 6.07 Å². The molecule has 0 amide bonds. The summed E-state index contributed by atoms with van der Waals surface area (Å²) in [4.78, 5) is 2.50. The van der Waals surface area contributed by atoms with Crippen molar-refractivity contribution in [3.8, 4) is 5.75 Å². The summed E-state index contributed by atoms with van der Waals surface area (Å²) >= 11 is 0. The summed E-state index contributed by atoms with van der Waals surface area (Å²) in [6.07, 6.45) is 4.27. The number of para-hydroxylation sites is 1. The van der Waals surface area contributed by atoms with Gasteiger partial charge in [-0.1, -0.05) is 30.3 Å². The third kappa shape index (κ3) is 3.50. The number of nitrogens with zero attached hydrogens (tertiary/aromatic N) is 1.